The molecule has 4 heteroatoms. The van der Waals surface area contributed by atoms with Crippen molar-refractivity contribution in [2.75, 3.05) is 6.54 Å². The lowest BCUT2D eigenvalue weighted by atomic mass is 9.87. The second-order valence-corrected chi connectivity index (χ2v) is 7.38. The third-order valence-electron chi connectivity index (χ3n) is 4.44. The van der Waals surface area contributed by atoms with Crippen LogP contribution in [0.5, 0.6) is 5.75 Å². The molecular weight excluding hydrogens is 312 g/mol. The molecule has 0 radical (unpaired) electrons. The zero-order valence-electron chi connectivity index (χ0n) is 14.9. The molecule has 1 aromatic heterocycles. The highest BCUT2D eigenvalue weighted by atomic mass is 16.3. The summed E-state index contributed by atoms with van der Waals surface area (Å²) in [6.07, 6.45) is 2.66. The van der Waals surface area contributed by atoms with E-state index < -0.39 is 0 Å². The Morgan fingerprint density at radius 2 is 1.84 bits per heavy atom. The van der Waals surface area contributed by atoms with Crippen molar-refractivity contribution in [3.63, 3.8) is 0 Å². The molecule has 0 unspecified atom stereocenters. The van der Waals surface area contributed by atoms with Gasteiger partial charge in [-0.25, -0.2) is 0 Å². The van der Waals surface area contributed by atoms with Gasteiger partial charge in [-0.3, -0.25) is 4.79 Å². The van der Waals surface area contributed by atoms with Gasteiger partial charge < -0.3 is 15.4 Å². The number of hydrogen-bond acceptors (Lipinski definition) is 2. The normalized spacial score (nSPS) is 11.6. The van der Waals surface area contributed by atoms with Crippen LogP contribution in [0.2, 0.25) is 0 Å². The molecule has 0 aliphatic heterocycles. The summed E-state index contributed by atoms with van der Waals surface area (Å²) in [6, 6.07) is 13.1. The van der Waals surface area contributed by atoms with Crippen LogP contribution in [-0.4, -0.2) is 22.5 Å². The van der Waals surface area contributed by atoms with Gasteiger partial charge in [0.1, 0.15) is 5.75 Å². The summed E-state index contributed by atoms with van der Waals surface area (Å²) in [6.45, 7) is 7.03. The van der Waals surface area contributed by atoms with Gasteiger partial charge >= 0.3 is 0 Å². The number of benzene rings is 2. The Morgan fingerprint density at radius 1 is 1.12 bits per heavy atom. The highest BCUT2D eigenvalue weighted by molar-refractivity contribution is 5.94. The molecule has 0 aliphatic rings. The van der Waals surface area contributed by atoms with Crippen LogP contribution >= 0.6 is 0 Å². The van der Waals surface area contributed by atoms with E-state index in [1.807, 2.05) is 36.5 Å². The molecule has 0 atom stereocenters. The molecule has 0 saturated heterocycles. The van der Waals surface area contributed by atoms with E-state index in [-0.39, 0.29) is 17.1 Å². The lowest BCUT2D eigenvalue weighted by Crippen LogP contribution is -2.25. The summed E-state index contributed by atoms with van der Waals surface area (Å²) >= 11 is 0. The van der Waals surface area contributed by atoms with Crippen molar-refractivity contribution in [1.82, 2.24) is 10.3 Å². The standard InChI is InChI=1S/C21H24N2O2/c1-21(2,3)16-6-4-14(5-7-16)20(25)22-11-10-15-13-23-19-12-17(24)8-9-18(15)19/h4-9,12-13,23-24H,10-11H2,1-3H3,(H,22,25). The minimum atomic E-state index is -0.0575. The molecule has 4 nitrogen and oxygen atoms in total. The Hall–Kier alpha value is -2.75. The smallest absolute Gasteiger partial charge is 0.251 e. The van der Waals surface area contributed by atoms with Gasteiger partial charge in [0.25, 0.3) is 5.91 Å². The van der Waals surface area contributed by atoms with Crippen LogP contribution in [0.4, 0.5) is 0 Å². The molecule has 130 valence electrons. The van der Waals surface area contributed by atoms with Crippen LogP contribution in [-0.2, 0) is 11.8 Å². The lowest BCUT2D eigenvalue weighted by Gasteiger charge is -2.19. The number of H-pyrrole nitrogens is 1. The second-order valence-electron chi connectivity index (χ2n) is 7.38. The van der Waals surface area contributed by atoms with E-state index in [0.29, 0.717) is 12.1 Å². The molecular formula is C21H24N2O2. The molecule has 0 bridgehead atoms. The number of aromatic amines is 1. The molecule has 0 fully saturated rings. The quantitative estimate of drug-likeness (QED) is 0.670. The summed E-state index contributed by atoms with van der Waals surface area (Å²) in [5.41, 5.74) is 4.00. The SMILES string of the molecule is CC(C)(C)c1ccc(C(=O)NCCc2c[nH]c3cc(O)ccc23)cc1. The third kappa shape index (κ3) is 3.85. The maximum atomic E-state index is 12.3. The van der Waals surface area contributed by atoms with Crippen LogP contribution in [0.1, 0.15) is 42.3 Å². The minimum absolute atomic E-state index is 0.0575. The fourth-order valence-corrected chi connectivity index (χ4v) is 2.92. The Labute approximate surface area is 147 Å². The number of nitrogens with one attached hydrogen (secondary N) is 2. The van der Waals surface area contributed by atoms with Gasteiger partial charge in [0, 0.05) is 35.3 Å². The van der Waals surface area contributed by atoms with Crippen LogP contribution in [0.15, 0.2) is 48.7 Å². The number of carbonyl (C=O) groups excluding carboxylic acids is 1. The van der Waals surface area contributed by atoms with E-state index in [1.165, 1.54) is 5.56 Å². The number of aromatic hydroxyl groups is 1. The van der Waals surface area contributed by atoms with Gasteiger partial charge in [0.15, 0.2) is 0 Å². The molecule has 0 spiro atoms. The van der Waals surface area contributed by atoms with Crippen LogP contribution in [0, 0.1) is 0 Å². The number of hydrogen-bond donors (Lipinski definition) is 3. The molecule has 1 amide bonds. The fraction of sp³-hybridized carbons (Fsp3) is 0.286. The molecule has 1 heterocycles. The minimum Gasteiger partial charge on any atom is -0.508 e. The summed E-state index contributed by atoms with van der Waals surface area (Å²) in [5, 5.41) is 13.5. The first-order valence-corrected chi connectivity index (χ1v) is 8.52. The summed E-state index contributed by atoms with van der Waals surface area (Å²) in [7, 11) is 0. The summed E-state index contributed by atoms with van der Waals surface area (Å²) < 4.78 is 0. The number of aromatic nitrogens is 1. The molecule has 2 aromatic carbocycles. The van der Waals surface area contributed by atoms with Crippen molar-refractivity contribution in [3.05, 3.63) is 65.4 Å². The van der Waals surface area contributed by atoms with Gasteiger partial charge in [-0.15, -0.1) is 0 Å². The Bertz CT molecular complexity index is 886. The summed E-state index contributed by atoms with van der Waals surface area (Å²) in [4.78, 5) is 15.4. The zero-order chi connectivity index (χ0) is 18.0. The van der Waals surface area contributed by atoms with E-state index >= 15 is 0 Å². The maximum absolute atomic E-state index is 12.3. The first kappa shape index (κ1) is 17.1. The van der Waals surface area contributed by atoms with E-state index in [1.54, 1.807) is 12.1 Å². The number of fused-ring (bicyclic) bond motifs is 1. The van der Waals surface area contributed by atoms with E-state index in [2.05, 4.69) is 31.1 Å². The van der Waals surface area contributed by atoms with Gasteiger partial charge in [0.05, 0.1) is 0 Å². The lowest BCUT2D eigenvalue weighted by molar-refractivity contribution is 0.0954. The number of phenols is 1. The van der Waals surface area contributed by atoms with E-state index in [9.17, 15) is 9.90 Å². The molecule has 0 saturated carbocycles. The monoisotopic (exact) mass is 336 g/mol. The van der Waals surface area contributed by atoms with Gasteiger partial charge in [-0.1, -0.05) is 32.9 Å². The highest BCUT2D eigenvalue weighted by Crippen LogP contribution is 2.23. The van der Waals surface area contributed by atoms with Crippen LogP contribution < -0.4 is 5.32 Å². The van der Waals surface area contributed by atoms with Crippen molar-refractivity contribution >= 4 is 16.8 Å². The predicted octanol–water partition coefficient (Wildman–Crippen LogP) is 4.14. The van der Waals surface area contributed by atoms with Crippen molar-refractivity contribution in [2.24, 2.45) is 0 Å². The van der Waals surface area contributed by atoms with E-state index in [0.717, 1.165) is 22.9 Å². The molecule has 3 rings (SSSR count). The Balaban J connectivity index is 1.60. The first-order valence-electron chi connectivity index (χ1n) is 8.52. The molecule has 3 aromatic rings. The Kier molecular flexibility index (Phi) is 4.53. The Morgan fingerprint density at radius 3 is 2.52 bits per heavy atom. The van der Waals surface area contributed by atoms with Crippen molar-refractivity contribution in [1.29, 1.82) is 0 Å². The third-order valence-corrected chi connectivity index (χ3v) is 4.44. The van der Waals surface area contributed by atoms with E-state index in [4.69, 9.17) is 0 Å². The van der Waals surface area contributed by atoms with Crippen LogP contribution in [0.25, 0.3) is 10.9 Å². The van der Waals surface area contributed by atoms with Gasteiger partial charge in [-0.05, 0) is 47.2 Å². The van der Waals surface area contributed by atoms with Crippen molar-refractivity contribution < 1.29 is 9.90 Å². The topological polar surface area (TPSA) is 65.1 Å². The average Bonchev–Trinajstić information content (AvgIpc) is 2.96. The highest BCUT2D eigenvalue weighted by Gasteiger charge is 2.14. The average molecular weight is 336 g/mol. The second kappa shape index (κ2) is 6.63. The van der Waals surface area contributed by atoms with Crippen LogP contribution in [0.3, 0.4) is 0 Å². The number of rotatable bonds is 4. The van der Waals surface area contributed by atoms with Gasteiger partial charge in [-0.2, -0.15) is 0 Å². The van der Waals surface area contributed by atoms with Crippen molar-refractivity contribution in [3.8, 4) is 5.75 Å². The maximum Gasteiger partial charge on any atom is 0.251 e. The largest absolute Gasteiger partial charge is 0.508 e. The number of carbonyl (C=O) groups is 1. The fourth-order valence-electron chi connectivity index (χ4n) is 2.92. The number of phenolic OH excluding ortho intramolecular Hbond substituents is 1. The summed E-state index contributed by atoms with van der Waals surface area (Å²) in [5.74, 6) is 0.186. The number of amides is 1. The van der Waals surface area contributed by atoms with Gasteiger partial charge in [0.2, 0.25) is 0 Å². The molecule has 25 heavy (non-hydrogen) atoms. The van der Waals surface area contributed by atoms with Crippen molar-refractivity contribution in [2.45, 2.75) is 32.6 Å². The zero-order valence-corrected chi connectivity index (χ0v) is 14.9. The first-order chi connectivity index (χ1) is 11.8. The molecule has 0 aliphatic carbocycles. The predicted molar refractivity (Wildman–Crippen MR) is 101 cm³/mol. The molecule has 3 N–H and O–H groups in total.